The number of nitrogen functional groups attached to an aromatic ring is 1. The first-order chi connectivity index (χ1) is 7.72. The average molecular weight is 217 g/mol. The van der Waals surface area contributed by atoms with Crippen LogP contribution in [0.25, 0.3) is 11.1 Å². The Kier molecular flexibility index (Phi) is 2.77. The van der Waals surface area contributed by atoms with Crippen LogP contribution in [0.3, 0.4) is 0 Å². The van der Waals surface area contributed by atoms with Crippen LogP contribution in [0, 0.1) is 5.82 Å². The third kappa shape index (κ3) is 1.84. The van der Waals surface area contributed by atoms with Crippen LogP contribution in [0.2, 0.25) is 0 Å². The van der Waals surface area contributed by atoms with Crippen LogP contribution < -0.4 is 10.5 Å². The van der Waals surface area contributed by atoms with Crippen LogP contribution in [0.15, 0.2) is 42.5 Å². The van der Waals surface area contributed by atoms with Crippen LogP contribution in [-0.4, -0.2) is 7.11 Å². The standard InChI is InChI=1S/C13H12FNO/c1-16-10-7-5-9(6-8-10)11-3-2-4-12(15)13(11)14/h2-8H,15H2,1H3. The van der Waals surface area contributed by atoms with E-state index in [0.29, 0.717) is 5.56 Å². The minimum absolute atomic E-state index is 0.160. The van der Waals surface area contributed by atoms with Gasteiger partial charge in [0.2, 0.25) is 0 Å². The largest absolute Gasteiger partial charge is 0.497 e. The van der Waals surface area contributed by atoms with E-state index < -0.39 is 0 Å². The molecule has 16 heavy (non-hydrogen) atoms. The molecular weight excluding hydrogens is 205 g/mol. The van der Waals surface area contributed by atoms with Crippen molar-refractivity contribution in [2.75, 3.05) is 12.8 Å². The highest BCUT2D eigenvalue weighted by molar-refractivity contribution is 5.68. The summed E-state index contributed by atoms with van der Waals surface area (Å²) in [5.74, 6) is 0.362. The van der Waals surface area contributed by atoms with E-state index in [-0.39, 0.29) is 11.5 Å². The summed E-state index contributed by atoms with van der Waals surface area (Å²) in [6.07, 6.45) is 0. The minimum atomic E-state index is -0.382. The third-order valence-corrected chi connectivity index (χ3v) is 2.43. The van der Waals surface area contributed by atoms with Gasteiger partial charge in [-0.1, -0.05) is 24.3 Å². The fourth-order valence-electron chi connectivity index (χ4n) is 1.54. The Bertz CT molecular complexity index is 494. The molecule has 0 aliphatic carbocycles. The first-order valence-corrected chi connectivity index (χ1v) is 4.91. The molecule has 0 aliphatic rings. The number of anilines is 1. The fraction of sp³-hybridized carbons (Fsp3) is 0.0769. The fourth-order valence-corrected chi connectivity index (χ4v) is 1.54. The minimum Gasteiger partial charge on any atom is -0.497 e. The van der Waals surface area contributed by atoms with Crippen molar-refractivity contribution in [1.82, 2.24) is 0 Å². The molecule has 0 heterocycles. The van der Waals surface area contributed by atoms with E-state index in [9.17, 15) is 4.39 Å². The molecule has 0 saturated carbocycles. The third-order valence-electron chi connectivity index (χ3n) is 2.43. The summed E-state index contributed by atoms with van der Waals surface area (Å²) in [6, 6.07) is 12.2. The van der Waals surface area contributed by atoms with Gasteiger partial charge in [-0.25, -0.2) is 4.39 Å². The Morgan fingerprint density at radius 1 is 1.06 bits per heavy atom. The normalized spacial score (nSPS) is 10.1. The topological polar surface area (TPSA) is 35.2 Å². The molecule has 0 radical (unpaired) electrons. The van der Waals surface area contributed by atoms with Gasteiger partial charge < -0.3 is 10.5 Å². The van der Waals surface area contributed by atoms with Crippen LogP contribution in [0.1, 0.15) is 0 Å². The maximum Gasteiger partial charge on any atom is 0.153 e. The molecule has 0 unspecified atom stereocenters. The van der Waals surface area contributed by atoms with Gasteiger partial charge in [0.15, 0.2) is 5.82 Å². The van der Waals surface area contributed by atoms with E-state index in [1.54, 1.807) is 49.6 Å². The smallest absolute Gasteiger partial charge is 0.153 e. The molecule has 2 aromatic carbocycles. The molecule has 0 atom stereocenters. The highest BCUT2D eigenvalue weighted by Crippen LogP contribution is 2.27. The van der Waals surface area contributed by atoms with Gasteiger partial charge in [0, 0.05) is 5.56 Å². The number of benzene rings is 2. The average Bonchev–Trinajstić information content (AvgIpc) is 2.33. The van der Waals surface area contributed by atoms with Crippen LogP contribution in [-0.2, 0) is 0 Å². The lowest BCUT2D eigenvalue weighted by molar-refractivity contribution is 0.415. The lowest BCUT2D eigenvalue weighted by atomic mass is 10.0. The van der Waals surface area contributed by atoms with Crippen molar-refractivity contribution < 1.29 is 9.13 Å². The van der Waals surface area contributed by atoms with Crippen molar-refractivity contribution in [3.63, 3.8) is 0 Å². The number of halogens is 1. The SMILES string of the molecule is COc1ccc(-c2cccc(N)c2F)cc1. The molecule has 0 amide bonds. The highest BCUT2D eigenvalue weighted by Gasteiger charge is 2.07. The first-order valence-electron chi connectivity index (χ1n) is 4.91. The van der Waals surface area contributed by atoms with Gasteiger partial charge in [0.05, 0.1) is 12.8 Å². The highest BCUT2D eigenvalue weighted by atomic mass is 19.1. The summed E-state index contributed by atoms with van der Waals surface area (Å²) in [5.41, 5.74) is 6.96. The molecule has 0 fully saturated rings. The molecular formula is C13H12FNO. The molecule has 0 bridgehead atoms. The zero-order valence-corrected chi connectivity index (χ0v) is 8.91. The monoisotopic (exact) mass is 217 g/mol. The van der Waals surface area contributed by atoms with Crippen molar-refractivity contribution >= 4 is 5.69 Å². The van der Waals surface area contributed by atoms with E-state index in [2.05, 4.69) is 0 Å². The van der Waals surface area contributed by atoms with Gasteiger partial charge in [-0.3, -0.25) is 0 Å². The molecule has 0 spiro atoms. The molecule has 2 N–H and O–H groups in total. The number of methoxy groups -OCH3 is 1. The number of ether oxygens (including phenoxy) is 1. The van der Waals surface area contributed by atoms with E-state index in [1.165, 1.54) is 0 Å². The summed E-state index contributed by atoms with van der Waals surface area (Å²) in [6.45, 7) is 0. The van der Waals surface area contributed by atoms with Crippen LogP contribution in [0.5, 0.6) is 5.75 Å². The summed E-state index contributed by atoms with van der Waals surface area (Å²) >= 11 is 0. The summed E-state index contributed by atoms with van der Waals surface area (Å²) in [5, 5.41) is 0. The second kappa shape index (κ2) is 4.23. The van der Waals surface area contributed by atoms with E-state index >= 15 is 0 Å². The van der Waals surface area contributed by atoms with Gasteiger partial charge >= 0.3 is 0 Å². The lowest BCUT2D eigenvalue weighted by Gasteiger charge is -2.06. The van der Waals surface area contributed by atoms with Crippen molar-refractivity contribution in [3.05, 3.63) is 48.3 Å². The Balaban J connectivity index is 2.46. The van der Waals surface area contributed by atoms with Crippen molar-refractivity contribution in [2.24, 2.45) is 0 Å². The summed E-state index contributed by atoms with van der Waals surface area (Å²) in [7, 11) is 1.59. The molecule has 0 saturated heterocycles. The van der Waals surface area contributed by atoms with Crippen molar-refractivity contribution in [3.8, 4) is 16.9 Å². The number of hydrogen-bond donors (Lipinski definition) is 1. The molecule has 0 aromatic heterocycles. The molecule has 2 nitrogen and oxygen atoms in total. The van der Waals surface area contributed by atoms with Gasteiger partial charge in [0.25, 0.3) is 0 Å². The van der Waals surface area contributed by atoms with Crippen molar-refractivity contribution in [1.29, 1.82) is 0 Å². The predicted octanol–water partition coefficient (Wildman–Crippen LogP) is 3.08. The van der Waals surface area contributed by atoms with Gasteiger partial charge in [-0.2, -0.15) is 0 Å². The molecule has 82 valence electrons. The van der Waals surface area contributed by atoms with Crippen molar-refractivity contribution in [2.45, 2.75) is 0 Å². The second-order valence-electron chi connectivity index (χ2n) is 3.44. The lowest BCUT2D eigenvalue weighted by Crippen LogP contribution is -1.93. The Morgan fingerprint density at radius 2 is 1.75 bits per heavy atom. The van der Waals surface area contributed by atoms with Gasteiger partial charge in [-0.05, 0) is 23.8 Å². The number of rotatable bonds is 2. The van der Waals surface area contributed by atoms with E-state index in [1.807, 2.05) is 0 Å². The first kappa shape index (κ1) is 10.5. The number of hydrogen-bond acceptors (Lipinski definition) is 2. The number of nitrogens with two attached hydrogens (primary N) is 1. The second-order valence-corrected chi connectivity index (χ2v) is 3.44. The maximum atomic E-state index is 13.7. The molecule has 2 rings (SSSR count). The van der Waals surface area contributed by atoms with Crippen LogP contribution >= 0.6 is 0 Å². The molecule has 3 heteroatoms. The van der Waals surface area contributed by atoms with E-state index in [0.717, 1.165) is 11.3 Å². The maximum absolute atomic E-state index is 13.7. The summed E-state index contributed by atoms with van der Waals surface area (Å²) < 4.78 is 18.8. The zero-order chi connectivity index (χ0) is 11.5. The molecule has 0 aliphatic heterocycles. The Morgan fingerprint density at radius 3 is 2.38 bits per heavy atom. The predicted molar refractivity (Wildman–Crippen MR) is 62.8 cm³/mol. The molecule has 2 aromatic rings. The van der Waals surface area contributed by atoms with E-state index in [4.69, 9.17) is 10.5 Å². The zero-order valence-electron chi connectivity index (χ0n) is 8.91. The summed E-state index contributed by atoms with van der Waals surface area (Å²) in [4.78, 5) is 0. The van der Waals surface area contributed by atoms with Gasteiger partial charge in [0.1, 0.15) is 5.75 Å². The Hall–Kier alpha value is -2.03. The van der Waals surface area contributed by atoms with Gasteiger partial charge in [-0.15, -0.1) is 0 Å². The Labute approximate surface area is 93.5 Å². The van der Waals surface area contributed by atoms with Crippen LogP contribution in [0.4, 0.5) is 10.1 Å². The quantitative estimate of drug-likeness (QED) is 0.784.